The molecule has 11 heavy (non-hydrogen) atoms. The molecule has 0 saturated carbocycles. The first-order valence-electron chi connectivity index (χ1n) is 3.33. The summed E-state index contributed by atoms with van der Waals surface area (Å²) in [7, 11) is 0. The van der Waals surface area contributed by atoms with Gasteiger partial charge in [-0.2, -0.15) is 0 Å². The summed E-state index contributed by atoms with van der Waals surface area (Å²) in [6.45, 7) is 3.83. The Bertz CT molecular complexity index is 208. The van der Waals surface area contributed by atoms with Crippen molar-refractivity contribution < 1.29 is 14.3 Å². The summed E-state index contributed by atoms with van der Waals surface area (Å²) in [5.74, 6) is 0.241. The minimum absolute atomic E-state index is 0.0310. The Kier molecular flexibility index (Phi) is 2.54. The lowest BCUT2D eigenvalue weighted by atomic mass is 10.4. The second kappa shape index (κ2) is 3.26. The molecule has 0 radical (unpaired) electrons. The summed E-state index contributed by atoms with van der Waals surface area (Å²) in [4.78, 5) is 10.9. The third-order valence-corrected chi connectivity index (χ3v) is 1.87. The SMILES string of the molecule is CC(C)OC1=C(Br)C(=O)CO1. The Balaban J connectivity index is 2.64. The normalized spacial score (nSPS) is 17.6. The highest BCUT2D eigenvalue weighted by Gasteiger charge is 2.24. The summed E-state index contributed by atoms with van der Waals surface area (Å²) in [5.41, 5.74) is 0. The Hall–Kier alpha value is -0.510. The molecule has 0 fully saturated rings. The lowest BCUT2D eigenvalue weighted by Crippen LogP contribution is -2.02. The third-order valence-electron chi connectivity index (χ3n) is 1.10. The maximum Gasteiger partial charge on any atom is 0.298 e. The van der Waals surface area contributed by atoms with Crippen molar-refractivity contribution in [3.05, 3.63) is 10.4 Å². The number of ketones is 1. The predicted molar refractivity (Wildman–Crippen MR) is 43.1 cm³/mol. The van der Waals surface area contributed by atoms with E-state index < -0.39 is 0 Å². The molecule has 0 aromatic rings. The van der Waals surface area contributed by atoms with E-state index in [9.17, 15) is 4.79 Å². The zero-order valence-corrected chi connectivity index (χ0v) is 7.97. The van der Waals surface area contributed by atoms with Gasteiger partial charge in [0.15, 0.2) is 6.61 Å². The summed E-state index contributed by atoms with van der Waals surface area (Å²) < 4.78 is 10.5. The molecule has 0 unspecified atom stereocenters. The van der Waals surface area contributed by atoms with Crippen LogP contribution in [0, 0.1) is 0 Å². The van der Waals surface area contributed by atoms with Crippen LogP contribution >= 0.6 is 15.9 Å². The Morgan fingerprint density at radius 3 is 2.64 bits per heavy atom. The molecule has 0 saturated heterocycles. The van der Waals surface area contributed by atoms with Gasteiger partial charge in [-0.15, -0.1) is 0 Å². The van der Waals surface area contributed by atoms with E-state index in [1.807, 2.05) is 13.8 Å². The van der Waals surface area contributed by atoms with E-state index in [4.69, 9.17) is 9.47 Å². The van der Waals surface area contributed by atoms with Crippen LogP contribution in [-0.2, 0) is 14.3 Å². The topological polar surface area (TPSA) is 35.5 Å². The van der Waals surface area contributed by atoms with Gasteiger partial charge in [0.2, 0.25) is 5.78 Å². The molecule has 4 heteroatoms. The summed E-state index contributed by atoms with van der Waals surface area (Å²) in [6, 6.07) is 0. The number of hydrogen-bond donors (Lipinski definition) is 0. The highest BCUT2D eigenvalue weighted by molar-refractivity contribution is 9.12. The van der Waals surface area contributed by atoms with E-state index in [1.165, 1.54) is 0 Å². The zero-order valence-electron chi connectivity index (χ0n) is 6.39. The molecule has 1 heterocycles. The van der Waals surface area contributed by atoms with Crippen molar-refractivity contribution >= 4 is 21.7 Å². The standard InChI is InChI=1S/C7H9BrO3/c1-4(2)11-7-6(8)5(9)3-10-7/h4H,3H2,1-2H3. The van der Waals surface area contributed by atoms with Crippen LogP contribution in [0.5, 0.6) is 0 Å². The van der Waals surface area contributed by atoms with E-state index >= 15 is 0 Å². The van der Waals surface area contributed by atoms with Gasteiger partial charge in [0.1, 0.15) is 4.48 Å². The van der Waals surface area contributed by atoms with Crippen molar-refractivity contribution in [3.63, 3.8) is 0 Å². The molecular formula is C7H9BrO3. The van der Waals surface area contributed by atoms with Crippen LogP contribution in [0.15, 0.2) is 10.4 Å². The van der Waals surface area contributed by atoms with Crippen molar-refractivity contribution in [2.24, 2.45) is 0 Å². The van der Waals surface area contributed by atoms with E-state index in [2.05, 4.69) is 15.9 Å². The van der Waals surface area contributed by atoms with Crippen LogP contribution in [0.3, 0.4) is 0 Å². The molecular weight excluding hydrogens is 212 g/mol. The lowest BCUT2D eigenvalue weighted by Gasteiger charge is -2.09. The fourth-order valence-corrected chi connectivity index (χ4v) is 0.994. The number of ether oxygens (including phenoxy) is 2. The quantitative estimate of drug-likeness (QED) is 0.709. The predicted octanol–water partition coefficient (Wildman–Crippen LogP) is 1.57. The molecule has 0 N–H and O–H groups in total. The highest BCUT2D eigenvalue weighted by atomic mass is 79.9. The molecule has 0 amide bonds. The van der Waals surface area contributed by atoms with Gasteiger partial charge in [-0.3, -0.25) is 4.79 Å². The number of hydrogen-bond acceptors (Lipinski definition) is 3. The average molecular weight is 221 g/mol. The summed E-state index contributed by atoms with van der Waals surface area (Å²) >= 11 is 3.08. The van der Waals surface area contributed by atoms with Gasteiger partial charge in [0.05, 0.1) is 6.10 Å². The number of halogens is 1. The summed E-state index contributed by atoms with van der Waals surface area (Å²) in [6.07, 6.45) is 0.0310. The molecule has 62 valence electrons. The van der Waals surface area contributed by atoms with Crippen LogP contribution in [0.1, 0.15) is 13.8 Å². The Labute approximate surface area is 73.5 Å². The third kappa shape index (κ3) is 1.96. The molecule has 0 aromatic heterocycles. The fourth-order valence-electron chi connectivity index (χ4n) is 0.671. The van der Waals surface area contributed by atoms with Crippen LogP contribution in [0.25, 0.3) is 0 Å². The van der Waals surface area contributed by atoms with Gasteiger partial charge in [0.25, 0.3) is 5.95 Å². The van der Waals surface area contributed by atoms with Crippen molar-refractivity contribution in [3.8, 4) is 0 Å². The number of carbonyl (C=O) groups is 1. The van der Waals surface area contributed by atoms with Crippen LogP contribution in [-0.4, -0.2) is 18.5 Å². The van der Waals surface area contributed by atoms with Crippen molar-refractivity contribution in [1.82, 2.24) is 0 Å². The van der Waals surface area contributed by atoms with Gasteiger partial charge >= 0.3 is 0 Å². The zero-order chi connectivity index (χ0) is 8.43. The number of Topliss-reactive ketones (excluding diaryl/α,β-unsaturated/α-hetero) is 1. The molecule has 0 aliphatic carbocycles. The van der Waals surface area contributed by atoms with E-state index in [0.29, 0.717) is 10.4 Å². The van der Waals surface area contributed by atoms with Crippen LogP contribution in [0.4, 0.5) is 0 Å². The second-order valence-electron chi connectivity index (χ2n) is 2.48. The molecule has 0 aromatic carbocycles. The van der Waals surface area contributed by atoms with Crippen molar-refractivity contribution in [1.29, 1.82) is 0 Å². The smallest absolute Gasteiger partial charge is 0.298 e. The maximum atomic E-state index is 10.9. The molecule has 1 aliphatic rings. The second-order valence-corrected chi connectivity index (χ2v) is 3.27. The first-order valence-corrected chi connectivity index (χ1v) is 4.13. The monoisotopic (exact) mass is 220 g/mol. The van der Waals surface area contributed by atoms with E-state index in [0.717, 1.165) is 0 Å². The molecule has 0 spiro atoms. The molecule has 0 atom stereocenters. The van der Waals surface area contributed by atoms with Gasteiger partial charge < -0.3 is 9.47 Å². The van der Waals surface area contributed by atoms with Gasteiger partial charge in [-0.1, -0.05) is 0 Å². The van der Waals surface area contributed by atoms with Crippen molar-refractivity contribution in [2.75, 3.05) is 6.61 Å². The molecule has 3 nitrogen and oxygen atoms in total. The van der Waals surface area contributed by atoms with E-state index in [1.54, 1.807) is 0 Å². The molecule has 0 bridgehead atoms. The molecule has 1 aliphatic heterocycles. The van der Waals surface area contributed by atoms with Crippen molar-refractivity contribution in [2.45, 2.75) is 20.0 Å². The Morgan fingerprint density at radius 1 is 1.64 bits per heavy atom. The largest absolute Gasteiger partial charge is 0.462 e. The number of carbonyl (C=O) groups excluding carboxylic acids is 1. The van der Waals surface area contributed by atoms with Gasteiger partial charge in [-0.05, 0) is 29.8 Å². The summed E-state index contributed by atoms with van der Waals surface area (Å²) in [5, 5.41) is 0. The first-order chi connectivity index (χ1) is 5.11. The maximum absolute atomic E-state index is 10.9. The van der Waals surface area contributed by atoms with E-state index in [-0.39, 0.29) is 18.5 Å². The fraction of sp³-hybridized carbons (Fsp3) is 0.571. The van der Waals surface area contributed by atoms with Gasteiger partial charge in [0, 0.05) is 0 Å². The van der Waals surface area contributed by atoms with Crippen LogP contribution < -0.4 is 0 Å². The average Bonchev–Trinajstić information content (AvgIpc) is 2.18. The minimum Gasteiger partial charge on any atom is -0.462 e. The highest BCUT2D eigenvalue weighted by Crippen LogP contribution is 2.23. The minimum atomic E-state index is -0.0688. The molecule has 1 rings (SSSR count). The van der Waals surface area contributed by atoms with Gasteiger partial charge in [-0.25, -0.2) is 0 Å². The van der Waals surface area contributed by atoms with Crippen LogP contribution in [0.2, 0.25) is 0 Å². The number of rotatable bonds is 2. The lowest BCUT2D eigenvalue weighted by molar-refractivity contribution is -0.116. The Morgan fingerprint density at radius 2 is 2.27 bits per heavy atom. The first kappa shape index (κ1) is 8.59.